The lowest BCUT2D eigenvalue weighted by atomic mass is 10.0. The van der Waals surface area contributed by atoms with E-state index in [0.717, 1.165) is 34.9 Å². The van der Waals surface area contributed by atoms with Gasteiger partial charge in [-0.15, -0.1) is 0 Å². The fourth-order valence-electron chi connectivity index (χ4n) is 2.74. The second kappa shape index (κ2) is 6.83. The van der Waals surface area contributed by atoms with Crippen molar-refractivity contribution in [3.8, 4) is 0 Å². The molecular formula is C14H21IN2O2. The van der Waals surface area contributed by atoms with Crippen LogP contribution in [0.15, 0.2) is 4.79 Å². The van der Waals surface area contributed by atoms with E-state index in [4.69, 9.17) is 9.72 Å². The number of ether oxygens (including phenoxy) is 1. The van der Waals surface area contributed by atoms with Crippen molar-refractivity contribution in [3.05, 3.63) is 25.4 Å². The number of methoxy groups -OCH3 is 1. The van der Waals surface area contributed by atoms with Crippen molar-refractivity contribution >= 4 is 22.6 Å². The highest BCUT2D eigenvalue weighted by molar-refractivity contribution is 14.1. The van der Waals surface area contributed by atoms with E-state index in [1.165, 1.54) is 12.8 Å². The van der Waals surface area contributed by atoms with Gasteiger partial charge in [-0.1, -0.05) is 26.2 Å². The third-order valence-corrected chi connectivity index (χ3v) is 4.83. The van der Waals surface area contributed by atoms with E-state index in [0.29, 0.717) is 11.7 Å². The van der Waals surface area contributed by atoms with Crippen LogP contribution >= 0.6 is 22.6 Å². The fourth-order valence-corrected chi connectivity index (χ4v) is 3.44. The Labute approximate surface area is 127 Å². The minimum Gasteiger partial charge on any atom is -0.374 e. The topological polar surface area (TPSA) is 55.0 Å². The van der Waals surface area contributed by atoms with Gasteiger partial charge in [0.1, 0.15) is 11.9 Å². The first-order valence-electron chi connectivity index (χ1n) is 6.99. The highest BCUT2D eigenvalue weighted by atomic mass is 127. The van der Waals surface area contributed by atoms with Crippen molar-refractivity contribution in [3.63, 3.8) is 0 Å². The normalized spacial score (nSPS) is 17.8. The molecule has 0 saturated heterocycles. The van der Waals surface area contributed by atoms with Crippen LogP contribution in [0, 0.1) is 3.57 Å². The van der Waals surface area contributed by atoms with Crippen molar-refractivity contribution in [1.82, 2.24) is 9.97 Å². The van der Waals surface area contributed by atoms with Gasteiger partial charge < -0.3 is 9.72 Å². The Hall–Kier alpha value is -0.430. The minimum atomic E-state index is -0.102. The molecule has 0 bridgehead atoms. The number of hydrogen-bond acceptors (Lipinski definition) is 3. The first-order valence-corrected chi connectivity index (χ1v) is 8.07. The van der Waals surface area contributed by atoms with Crippen molar-refractivity contribution < 1.29 is 4.74 Å². The van der Waals surface area contributed by atoms with Crippen LogP contribution in [-0.2, 0) is 4.74 Å². The number of aromatic amines is 1. The summed E-state index contributed by atoms with van der Waals surface area (Å²) >= 11 is 2.12. The molecule has 0 amide bonds. The summed E-state index contributed by atoms with van der Waals surface area (Å²) in [7, 11) is 1.67. The lowest BCUT2D eigenvalue weighted by Gasteiger charge is -2.17. The number of rotatable bonds is 5. The van der Waals surface area contributed by atoms with E-state index in [-0.39, 0.29) is 11.7 Å². The van der Waals surface area contributed by atoms with Gasteiger partial charge in [-0.05, 0) is 41.9 Å². The second-order valence-corrected chi connectivity index (χ2v) is 6.22. The molecule has 1 unspecified atom stereocenters. The summed E-state index contributed by atoms with van der Waals surface area (Å²) in [4.78, 5) is 19.7. The summed E-state index contributed by atoms with van der Waals surface area (Å²) in [6, 6.07) is 0. The van der Waals surface area contributed by atoms with Crippen LogP contribution in [0.4, 0.5) is 0 Å². The quantitative estimate of drug-likeness (QED) is 0.801. The summed E-state index contributed by atoms with van der Waals surface area (Å²) in [5.41, 5.74) is 0.959. The zero-order chi connectivity index (χ0) is 13.8. The lowest BCUT2D eigenvalue weighted by molar-refractivity contribution is 0.0870. The van der Waals surface area contributed by atoms with Crippen LogP contribution in [0.5, 0.6) is 0 Å². The van der Waals surface area contributed by atoms with Crippen LogP contribution in [-0.4, -0.2) is 17.1 Å². The van der Waals surface area contributed by atoms with Crippen molar-refractivity contribution in [1.29, 1.82) is 0 Å². The van der Waals surface area contributed by atoms with Crippen molar-refractivity contribution in [2.45, 2.75) is 57.5 Å². The predicted octanol–water partition coefficient (Wildman–Crippen LogP) is 3.52. The van der Waals surface area contributed by atoms with Gasteiger partial charge in [0.2, 0.25) is 0 Å². The molecule has 0 radical (unpaired) electrons. The fraction of sp³-hybridized carbons (Fsp3) is 0.714. The number of nitrogens with zero attached hydrogens (tertiary/aromatic N) is 1. The van der Waals surface area contributed by atoms with Crippen LogP contribution in [0.2, 0.25) is 0 Å². The Kier molecular flexibility index (Phi) is 5.38. The Bertz CT molecular complexity index is 481. The monoisotopic (exact) mass is 376 g/mol. The van der Waals surface area contributed by atoms with Gasteiger partial charge in [0.25, 0.3) is 5.56 Å². The molecule has 1 saturated carbocycles. The summed E-state index contributed by atoms with van der Waals surface area (Å²) in [5.74, 6) is 1.14. The molecular weight excluding hydrogens is 355 g/mol. The average molecular weight is 376 g/mol. The van der Waals surface area contributed by atoms with Crippen molar-refractivity contribution in [2.24, 2.45) is 0 Å². The maximum Gasteiger partial charge on any atom is 0.264 e. The van der Waals surface area contributed by atoms with Crippen molar-refractivity contribution in [2.75, 3.05) is 7.11 Å². The molecule has 4 nitrogen and oxygen atoms in total. The SMILES string of the molecule is CCCC(OC)c1nc(C2CCCC2)c(I)c(=O)[nH]1. The molecule has 1 aliphatic carbocycles. The molecule has 1 atom stereocenters. The van der Waals surface area contributed by atoms with Crippen LogP contribution < -0.4 is 5.56 Å². The molecule has 1 N–H and O–H groups in total. The summed E-state index contributed by atoms with van der Waals surface area (Å²) in [5, 5.41) is 0. The first-order chi connectivity index (χ1) is 9.17. The van der Waals surface area contributed by atoms with Gasteiger partial charge in [-0.2, -0.15) is 0 Å². The predicted molar refractivity (Wildman–Crippen MR) is 83.4 cm³/mol. The molecule has 19 heavy (non-hydrogen) atoms. The van der Waals surface area contributed by atoms with Crippen LogP contribution in [0.25, 0.3) is 0 Å². The van der Waals surface area contributed by atoms with E-state index in [1.54, 1.807) is 7.11 Å². The van der Waals surface area contributed by atoms with Crippen LogP contribution in [0.3, 0.4) is 0 Å². The molecule has 2 rings (SSSR count). The zero-order valence-electron chi connectivity index (χ0n) is 11.5. The number of nitrogens with one attached hydrogen (secondary N) is 1. The van der Waals surface area contributed by atoms with Gasteiger partial charge in [0.05, 0.1) is 9.26 Å². The Morgan fingerprint density at radius 2 is 2.16 bits per heavy atom. The third kappa shape index (κ3) is 3.37. The number of hydrogen-bond donors (Lipinski definition) is 1. The maximum absolute atomic E-state index is 12.1. The molecule has 1 aromatic rings. The molecule has 0 spiro atoms. The van der Waals surface area contributed by atoms with E-state index < -0.39 is 0 Å². The Morgan fingerprint density at radius 1 is 1.47 bits per heavy atom. The Morgan fingerprint density at radius 3 is 2.74 bits per heavy atom. The Balaban J connectivity index is 2.37. The third-order valence-electron chi connectivity index (χ3n) is 3.79. The van der Waals surface area contributed by atoms with E-state index in [9.17, 15) is 4.79 Å². The standard InChI is InChI=1S/C14H21IN2O2/c1-3-6-10(19-2)13-16-12(9-7-4-5-8-9)11(15)14(18)17-13/h9-10H,3-8H2,1-2H3,(H,16,17,18). The summed E-state index contributed by atoms with van der Waals surface area (Å²) in [6.45, 7) is 2.11. The van der Waals surface area contributed by atoms with E-state index in [2.05, 4.69) is 34.5 Å². The van der Waals surface area contributed by atoms with E-state index in [1.807, 2.05) is 0 Å². The highest BCUT2D eigenvalue weighted by Gasteiger charge is 2.24. The first kappa shape index (κ1) is 15.0. The number of H-pyrrole nitrogens is 1. The minimum absolute atomic E-state index is 0.0225. The molecule has 1 aromatic heterocycles. The molecule has 0 aliphatic heterocycles. The average Bonchev–Trinajstić information content (AvgIpc) is 2.93. The van der Waals surface area contributed by atoms with Crippen LogP contribution in [0.1, 0.15) is 69.0 Å². The summed E-state index contributed by atoms with van der Waals surface area (Å²) < 4.78 is 6.20. The van der Waals surface area contributed by atoms with Gasteiger partial charge in [-0.25, -0.2) is 4.98 Å². The maximum atomic E-state index is 12.1. The number of aromatic nitrogens is 2. The summed E-state index contributed by atoms with van der Waals surface area (Å²) in [6.07, 6.45) is 6.57. The number of halogens is 1. The van der Waals surface area contributed by atoms with Gasteiger partial charge in [-0.3, -0.25) is 4.79 Å². The highest BCUT2D eigenvalue weighted by Crippen LogP contribution is 2.34. The molecule has 1 aliphatic rings. The molecule has 1 heterocycles. The zero-order valence-corrected chi connectivity index (χ0v) is 13.7. The largest absolute Gasteiger partial charge is 0.374 e. The molecule has 5 heteroatoms. The van der Waals surface area contributed by atoms with E-state index >= 15 is 0 Å². The van der Waals surface area contributed by atoms with Gasteiger partial charge in [0.15, 0.2) is 0 Å². The molecule has 1 fully saturated rings. The lowest BCUT2D eigenvalue weighted by Crippen LogP contribution is -2.22. The van der Waals surface area contributed by atoms with Gasteiger partial charge in [0, 0.05) is 13.0 Å². The molecule has 0 aromatic carbocycles. The second-order valence-electron chi connectivity index (χ2n) is 5.14. The van der Waals surface area contributed by atoms with Gasteiger partial charge >= 0.3 is 0 Å². The molecule has 106 valence electrons. The smallest absolute Gasteiger partial charge is 0.264 e.